The Kier molecular flexibility index (Phi) is 2.40. The van der Waals surface area contributed by atoms with Crippen molar-refractivity contribution in [2.45, 2.75) is 26.1 Å². The van der Waals surface area contributed by atoms with Crippen molar-refractivity contribution in [2.75, 3.05) is 0 Å². The van der Waals surface area contributed by atoms with E-state index in [0.717, 1.165) is 6.07 Å². The van der Waals surface area contributed by atoms with Gasteiger partial charge < -0.3 is 0 Å². The molecule has 0 atom stereocenters. The molecule has 0 bridgehead atoms. The van der Waals surface area contributed by atoms with E-state index in [9.17, 15) is 13.2 Å². The van der Waals surface area contributed by atoms with E-state index >= 15 is 0 Å². The third kappa shape index (κ3) is 1.66. The minimum Gasteiger partial charge on any atom is -0.262 e. The summed E-state index contributed by atoms with van der Waals surface area (Å²) in [6.45, 7) is 3.61. The Bertz CT molecular complexity index is 511. The molecule has 0 aliphatic rings. The molecule has 5 heteroatoms. The Morgan fingerprint density at radius 1 is 1.25 bits per heavy atom. The third-order valence-electron chi connectivity index (χ3n) is 2.41. The lowest BCUT2D eigenvalue weighted by atomic mass is 10.1. The molecule has 2 aromatic rings. The summed E-state index contributed by atoms with van der Waals surface area (Å²) in [4.78, 5) is 0. The number of para-hydroxylation sites is 1. The number of nitrogens with zero attached hydrogens (tertiary/aromatic N) is 2. The van der Waals surface area contributed by atoms with Gasteiger partial charge in [0, 0.05) is 11.4 Å². The van der Waals surface area contributed by atoms with E-state index in [1.54, 1.807) is 19.9 Å². The summed E-state index contributed by atoms with van der Waals surface area (Å²) >= 11 is 0. The van der Waals surface area contributed by atoms with Crippen LogP contribution < -0.4 is 0 Å². The van der Waals surface area contributed by atoms with Crippen LogP contribution in [0.25, 0.3) is 10.9 Å². The molecule has 1 aromatic heterocycles. The molecule has 16 heavy (non-hydrogen) atoms. The van der Waals surface area contributed by atoms with Crippen molar-refractivity contribution in [2.24, 2.45) is 0 Å². The lowest BCUT2D eigenvalue weighted by Gasteiger charge is -2.13. The molecule has 1 aromatic carbocycles. The highest BCUT2D eigenvalue weighted by Gasteiger charge is 2.34. The van der Waals surface area contributed by atoms with E-state index in [1.807, 2.05) is 0 Å². The maximum Gasteiger partial charge on any atom is 0.418 e. The van der Waals surface area contributed by atoms with Crippen LogP contribution in [0.5, 0.6) is 0 Å². The summed E-state index contributed by atoms with van der Waals surface area (Å²) in [6.07, 6.45) is -2.88. The maximum atomic E-state index is 12.8. The molecule has 1 heterocycles. The zero-order valence-corrected chi connectivity index (χ0v) is 8.92. The van der Waals surface area contributed by atoms with E-state index in [0.29, 0.717) is 5.39 Å². The second-order valence-electron chi connectivity index (χ2n) is 3.92. The van der Waals surface area contributed by atoms with Crippen molar-refractivity contribution in [3.63, 3.8) is 0 Å². The van der Waals surface area contributed by atoms with Crippen molar-refractivity contribution in [1.29, 1.82) is 0 Å². The first-order chi connectivity index (χ1) is 7.41. The zero-order valence-electron chi connectivity index (χ0n) is 8.92. The number of benzene rings is 1. The molecule has 0 amide bonds. The quantitative estimate of drug-likeness (QED) is 0.728. The highest BCUT2D eigenvalue weighted by molar-refractivity contribution is 5.82. The fourth-order valence-corrected chi connectivity index (χ4v) is 1.72. The van der Waals surface area contributed by atoms with E-state index in [4.69, 9.17) is 0 Å². The largest absolute Gasteiger partial charge is 0.418 e. The number of hydrogen-bond acceptors (Lipinski definition) is 1. The third-order valence-corrected chi connectivity index (χ3v) is 2.41. The predicted molar refractivity (Wildman–Crippen MR) is 55.1 cm³/mol. The van der Waals surface area contributed by atoms with Crippen LogP contribution in [0.3, 0.4) is 0 Å². The molecule has 0 aliphatic heterocycles. The van der Waals surface area contributed by atoms with Crippen LogP contribution in [0.2, 0.25) is 0 Å². The molecule has 0 saturated carbocycles. The smallest absolute Gasteiger partial charge is 0.262 e. The van der Waals surface area contributed by atoms with Crippen molar-refractivity contribution in [3.8, 4) is 0 Å². The number of rotatable bonds is 1. The summed E-state index contributed by atoms with van der Waals surface area (Å²) in [6, 6.07) is 4.03. The number of hydrogen-bond donors (Lipinski definition) is 0. The minimum absolute atomic E-state index is 0.0963. The number of fused-ring (bicyclic) bond motifs is 1. The Labute approximate surface area is 90.7 Å². The molecular weight excluding hydrogens is 217 g/mol. The molecule has 0 N–H and O–H groups in total. The van der Waals surface area contributed by atoms with Crippen LogP contribution >= 0.6 is 0 Å². The van der Waals surface area contributed by atoms with Crippen LogP contribution in [0.15, 0.2) is 24.4 Å². The van der Waals surface area contributed by atoms with Gasteiger partial charge in [-0.3, -0.25) is 4.68 Å². The molecule has 2 nitrogen and oxygen atoms in total. The fourth-order valence-electron chi connectivity index (χ4n) is 1.72. The average Bonchev–Trinajstić information content (AvgIpc) is 2.58. The van der Waals surface area contributed by atoms with E-state index in [2.05, 4.69) is 5.10 Å². The first kappa shape index (κ1) is 11.0. The van der Waals surface area contributed by atoms with Crippen LogP contribution in [0.1, 0.15) is 25.5 Å². The van der Waals surface area contributed by atoms with Crippen molar-refractivity contribution in [1.82, 2.24) is 9.78 Å². The van der Waals surface area contributed by atoms with Gasteiger partial charge in [0.15, 0.2) is 0 Å². The van der Waals surface area contributed by atoms with Gasteiger partial charge >= 0.3 is 6.18 Å². The lowest BCUT2D eigenvalue weighted by molar-refractivity contribution is -0.136. The summed E-state index contributed by atoms with van der Waals surface area (Å²) < 4.78 is 39.8. The number of alkyl halides is 3. The van der Waals surface area contributed by atoms with Gasteiger partial charge in [-0.15, -0.1) is 0 Å². The van der Waals surface area contributed by atoms with E-state index in [1.165, 1.54) is 16.9 Å². The van der Waals surface area contributed by atoms with Gasteiger partial charge in [-0.2, -0.15) is 18.3 Å². The predicted octanol–water partition coefficient (Wildman–Crippen LogP) is 3.64. The van der Waals surface area contributed by atoms with Gasteiger partial charge in [0.25, 0.3) is 0 Å². The van der Waals surface area contributed by atoms with Gasteiger partial charge in [-0.25, -0.2) is 0 Å². The standard InChI is InChI=1S/C11H11F3N2/c1-7(2)16-10-8(6-15-16)4-3-5-9(10)11(12,13)14/h3-7H,1-2H3. The molecule has 0 unspecified atom stereocenters. The summed E-state index contributed by atoms with van der Waals surface area (Å²) in [5, 5.41) is 4.50. The second-order valence-corrected chi connectivity index (χ2v) is 3.92. The fraction of sp³-hybridized carbons (Fsp3) is 0.364. The summed E-state index contributed by atoms with van der Waals surface area (Å²) in [5.41, 5.74) is -0.471. The highest BCUT2D eigenvalue weighted by Crippen LogP contribution is 2.35. The van der Waals surface area contributed by atoms with E-state index in [-0.39, 0.29) is 11.6 Å². The first-order valence-electron chi connectivity index (χ1n) is 4.94. The van der Waals surface area contributed by atoms with Crippen molar-refractivity contribution >= 4 is 10.9 Å². The molecule has 0 aliphatic carbocycles. The molecule has 0 fully saturated rings. The second kappa shape index (κ2) is 3.50. The average molecular weight is 228 g/mol. The van der Waals surface area contributed by atoms with Gasteiger partial charge in [0.2, 0.25) is 0 Å². The molecule has 0 spiro atoms. The van der Waals surface area contributed by atoms with Crippen LogP contribution in [0, 0.1) is 0 Å². The Balaban J connectivity index is 2.79. The first-order valence-corrected chi connectivity index (χ1v) is 4.94. The summed E-state index contributed by atoms with van der Waals surface area (Å²) in [7, 11) is 0. The van der Waals surface area contributed by atoms with Gasteiger partial charge in [-0.05, 0) is 19.9 Å². The van der Waals surface area contributed by atoms with Gasteiger partial charge in [0.1, 0.15) is 0 Å². The monoisotopic (exact) mass is 228 g/mol. The normalized spacial score (nSPS) is 12.6. The molecule has 86 valence electrons. The minimum atomic E-state index is -4.34. The lowest BCUT2D eigenvalue weighted by Crippen LogP contribution is -2.10. The van der Waals surface area contributed by atoms with Crippen molar-refractivity contribution < 1.29 is 13.2 Å². The van der Waals surface area contributed by atoms with Crippen molar-refractivity contribution in [3.05, 3.63) is 30.0 Å². The molecule has 0 saturated heterocycles. The SMILES string of the molecule is CC(C)n1ncc2cccc(C(F)(F)F)c21. The Hall–Kier alpha value is -1.52. The number of aromatic nitrogens is 2. The Morgan fingerprint density at radius 3 is 2.50 bits per heavy atom. The Morgan fingerprint density at radius 2 is 1.94 bits per heavy atom. The van der Waals surface area contributed by atoms with Crippen LogP contribution in [0.4, 0.5) is 13.2 Å². The zero-order chi connectivity index (χ0) is 11.9. The molecular formula is C11H11F3N2. The van der Waals surface area contributed by atoms with Crippen LogP contribution in [-0.2, 0) is 6.18 Å². The summed E-state index contributed by atoms with van der Waals surface area (Å²) in [5.74, 6) is 0. The maximum absolute atomic E-state index is 12.8. The van der Waals surface area contributed by atoms with Gasteiger partial charge in [-0.1, -0.05) is 12.1 Å². The molecule has 2 rings (SSSR count). The van der Waals surface area contributed by atoms with Gasteiger partial charge in [0.05, 0.1) is 17.3 Å². The van der Waals surface area contributed by atoms with Crippen LogP contribution in [-0.4, -0.2) is 9.78 Å². The topological polar surface area (TPSA) is 17.8 Å². The highest BCUT2D eigenvalue weighted by atomic mass is 19.4. The molecule has 0 radical (unpaired) electrons. The number of halogens is 3. The van der Waals surface area contributed by atoms with E-state index < -0.39 is 11.7 Å².